The van der Waals surface area contributed by atoms with E-state index in [9.17, 15) is 19.3 Å². The molecule has 15 heavy (non-hydrogen) atoms. The van der Waals surface area contributed by atoms with Crippen LogP contribution in [-0.2, 0) is 4.79 Å². The van der Waals surface area contributed by atoms with Crippen LogP contribution in [0.15, 0.2) is 24.3 Å². The number of hydrogen-bond acceptors (Lipinski definition) is 4. The highest BCUT2D eigenvalue weighted by atomic mass is 19.1. The van der Waals surface area contributed by atoms with Gasteiger partial charge in [0.1, 0.15) is 0 Å². The maximum atomic E-state index is 12.6. The minimum absolute atomic E-state index is 0.419. The number of hydrogen-bond donors (Lipinski definition) is 1. The summed E-state index contributed by atoms with van der Waals surface area (Å²) in [4.78, 5) is 19.8. The van der Waals surface area contributed by atoms with E-state index in [2.05, 4.69) is 4.74 Å². The Kier molecular flexibility index (Phi) is 3.17. The first-order valence-electron chi connectivity index (χ1n) is 3.79. The van der Waals surface area contributed by atoms with Gasteiger partial charge in [0.25, 0.3) is 0 Å². The molecule has 0 radical (unpaired) electrons. The molecule has 1 rings (SSSR count). The lowest BCUT2D eigenvalue weighted by molar-refractivity contribution is -0.386. The Labute approximate surface area is 83.0 Å². The van der Waals surface area contributed by atoms with Crippen molar-refractivity contribution in [2.45, 2.75) is 6.36 Å². The number of para-hydroxylation sites is 2. The van der Waals surface area contributed by atoms with Crippen molar-refractivity contribution in [2.75, 3.05) is 0 Å². The first-order valence-corrected chi connectivity index (χ1v) is 3.79. The number of carbonyl (C=O) groups is 1. The predicted octanol–water partition coefficient (Wildman–Crippen LogP) is 1.35. The lowest BCUT2D eigenvalue weighted by Crippen LogP contribution is -2.21. The van der Waals surface area contributed by atoms with E-state index in [4.69, 9.17) is 5.11 Å². The molecule has 0 saturated carbocycles. The molecule has 1 N–H and O–H groups in total. The quantitative estimate of drug-likeness (QED) is 0.604. The third-order valence-corrected chi connectivity index (χ3v) is 1.49. The Morgan fingerprint density at radius 3 is 2.67 bits per heavy atom. The van der Waals surface area contributed by atoms with Gasteiger partial charge >= 0.3 is 18.0 Å². The van der Waals surface area contributed by atoms with Crippen LogP contribution in [0.4, 0.5) is 10.1 Å². The lowest BCUT2D eigenvalue weighted by Gasteiger charge is -2.06. The van der Waals surface area contributed by atoms with E-state index in [0.29, 0.717) is 0 Å². The summed E-state index contributed by atoms with van der Waals surface area (Å²) in [6, 6.07) is 4.94. The Hall–Kier alpha value is -2.18. The molecule has 1 atom stereocenters. The van der Waals surface area contributed by atoms with E-state index in [1.807, 2.05) is 0 Å². The Morgan fingerprint density at radius 2 is 2.13 bits per heavy atom. The number of halogens is 1. The number of benzene rings is 1. The Morgan fingerprint density at radius 1 is 1.53 bits per heavy atom. The molecule has 0 amide bonds. The molecule has 80 valence electrons. The van der Waals surface area contributed by atoms with Crippen LogP contribution >= 0.6 is 0 Å². The maximum Gasteiger partial charge on any atom is 0.378 e. The van der Waals surface area contributed by atoms with Crippen molar-refractivity contribution in [1.82, 2.24) is 0 Å². The molecule has 6 nitrogen and oxygen atoms in total. The fraction of sp³-hybridized carbons (Fsp3) is 0.125. The van der Waals surface area contributed by atoms with Crippen LogP contribution in [0.1, 0.15) is 0 Å². The van der Waals surface area contributed by atoms with Crippen LogP contribution in [0.5, 0.6) is 5.75 Å². The third-order valence-electron chi connectivity index (χ3n) is 1.49. The summed E-state index contributed by atoms with van der Waals surface area (Å²) in [5.41, 5.74) is -0.485. The fourth-order valence-electron chi connectivity index (χ4n) is 0.870. The zero-order chi connectivity index (χ0) is 11.4. The molecule has 0 aliphatic rings. The molecule has 0 bridgehead atoms. The van der Waals surface area contributed by atoms with Gasteiger partial charge in [-0.15, -0.1) is 0 Å². The molecule has 0 aromatic heterocycles. The second kappa shape index (κ2) is 4.36. The second-order valence-electron chi connectivity index (χ2n) is 2.50. The van der Waals surface area contributed by atoms with Crippen molar-refractivity contribution >= 4 is 11.7 Å². The smallest absolute Gasteiger partial charge is 0.378 e. The predicted molar refractivity (Wildman–Crippen MR) is 46.3 cm³/mol. The van der Waals surface area contributed by atoms with E-state index in [-0.39, 0.29) is 0 Å². The fourth-order valence-corrected chi connectivity index (χ4v) is 0.870. The van der Waals surface area contributed by atoms with Crippen molar-refractivity contribution in [1.29, 1.82) is 0 Å². The normalized spacial score (nSPS) is 11.8. The first kappa shape index (κ1) is 10.9. The molecule has 7 heteroatoms. The molecule has 0 aliphatic heterocycles. The number of alkyl halides is 1. The highest BCUT2D eigenvalue weighted by molar-refractivity contribution is 5.71. The van der Waals surface area contributed by atoms with Gasteiger partial charge in [-0.05, 0) is 6.07 Å². The monoisotopic (exact) mass is 215 g/mol. The van der Waals surface area contributed by atoms with Gasteiger partial charge < -0.3 is 9.84 Å². The molecule has 0 aliphatic carbocycles. The minimum Gasteiger partial charge on any atom is -0.476 e. The highest BCUT2D eigenvalue weighted by Crippen LogP contribution is 2.26. The van der Waals surface area contributed by atoms with E-state index in [1.165, 1.54) is 12.1 Å². The van der Waals surface area contributed by atoms with Gasteiger partial charge in [-0.1, -0.05) is 12.1 Å². The average Bonchev–Trinajstić information content (AvgIpc) is 2.18. The van der Waals surface area contributed by atoms with E-state index in [0.717, 1.165) is 12.1 Å². The third kappa shape index (κ3) is 2.63. The first-order chi connectivity index (χ1) is 7.02. The van der Waals surface area contributed by atoms with Gasteiger partial charge in [-0.3, -0.25) is 10.1 Å². The summed E-state index contributed by atoms with van der Waals surface area (Å²) in [6.45, 7) is 0. The van der Waals surface area contributed by atoms with Crippen LogP contribution in [0.2, 0.25) is 0 Å². The van der Waals surface area contributed by atoms with Crippen molar-refractivity contribution in [3.63, 3.8) is 0 Å². The van der Waals surface area contributed by atoms with Gasteiger partial charge in [0.2, 0.25) is 5.75 Å². The van der Waals surface area contributed by atoms with E-state index < -0.39 is 28.7 Å². The van der Waals surface area contributed by atoms with Crippen LogP contribution in [0, 0.1) is 10.1 Å². The summed E-state index contributed by atoms with van der Waals surface area (Å²) in [6.07, 6.45) is -2.62. The molecule has 1 unspecified atom stereocenters. The van der Waals surface area contributed by atoms with Crippen molar-refractivity contribution < 1.29 is 24.0 Å². The standard InChI is InChI=1S/C8H6FNO5/c9-7(8(11)12)15-6-4-2-1-3-5(6)10(13)14/h1-4,7H,(H,11,12). The SMILES string of the molecule is O=C(O)C(F)Oc1ccccc1[N+](=O)[O-]. The number of nitro groups is 1. The number of aliphatic carboxylic acids is 1. The zero-order valence-corrected chi connectivity index (χ0v) is 7.29. The second-order valence-corrected chi connectivity index (χ2v) is 2.50. The lowest BCUT2D eigenvalue weighted by atomic mass is 10.3. The summed E-state index contributed by atoms with van der Waals surface area (Å²) in [5, 5.41) is 18.6. The number of nitrogens with zero attached hydrogens (tertiary/aromatic N) is 1. The van der Waals surface area contributed by atoms with Crippen LogP contribution in [0.25, 0.3) is 0 Å². The average molecular weight is 215 g/mol. The topological polar surface area (TPSA) is 89.7 Å². The van der Waals surface area contributed by atoms with Crippen molar-refractivity contribution in [3.8, 4) is 5.75 Å². The van der Waals surface area contributed by atoms with Crippen LogP contribution in [0.3, 0.4) is 0 Å². The Bertz CT molecular complexity index is 394. The minimum atomic E-state index is -2.62. The number of nitro benzene ring substituents is 1. The van der Waals surface area contributed by atoms with Crippen LogP contribution < -0.4 is 4.74 Å². The molecule has 1 aromatic carbocycles. The molecule has 0 fully saturated rings. The van der Waals surface area contributed by atoms with E-state index in [1.54, 1.807) is 0 Å². The summed E-state index contributed by atoms with van der Waals surface area (Å²) in [5.74, 6) is -2.26. The number of ether oxygens (including phenoxy) is 1. The number of carboxylic acids is 1. The summed E-state index contributed by atoms with van der Waals surface area (Å²) < 4.78 is 16.9. The van der Waals surface area contributed by atoms with Gasteiger partial charge in [-0.2, -0.15) is 4.39 Å². The summed E-state index contributed by atoms with van der Waals surface area (Å²) >= 11 is 0. The summed E-state index contributed by atoms with van der Waals surface area (Å²) in [7, 11) is 0. The largest absolute Gasteiger partial charge is 0.476 e. The Balaban J connectivity index is 2.94. The maximum absolute atomic E-state index is 12.6. The van der Waals surface area contributed by atoms with E-state index >= 15 is 0 Å². The van der Waals surface area contributed by atoms with Crippen molar-refractivity contribution in [3.05, 3.63) is 34.4 Å². The van der Waals surface area contributed by atoms with Gasteiger partial charge in [-0.25, -0.2) is 4.79 Å². The molecule has 0 heterocycles. The molecular formula is C8H6FNO5. The number of rotatable bonds is 4. The molecule has 1 aromatic rings. The van der Waals surface area contributed by atoms with Gasteiger partial charge in [0.15, 0.2) is 0 Å². The van der Waals surface area contributed by atoms with Crippen LogP contribution in [-0.4, -0.2) is 22.4 Å². The highest BCUT2D eigenvalue weighted by Gasteiger charge is 2.22. The van der Waals surface area contributed by atoms with Gasteiger partial charge in [0, 0.05) is 6.07 Å². The van der Waals surface area contributed by atoms with Gasteiger partial charge in [0.05, 0.1) is 4.92 Å². The molecule has 0 spiro atoms. The molecule has 0 saturated heterocycles. The molecular weight excluding hydrogens is 209 g/mol. The van der Waals surface area contributed by atoms with Crippen molar-refractivity contribution in [2.24, 2.45) is 0 Å². The zero-order valence-electron chi connectivity index (χ0n) is 7.29. The number of carboxylic acid groups (broad SMARTS) is 1.